The van der Waals surface area contributed by atoms with Crippen LogP contribution in [0.3, 0.4) is 0 Å². The fourth-order valence-electron chi connectivity index (χ4n) is 1.77. The summed E-state index contributed by atoms with van der Waals surface area (Å²) in [5, 5.41) is 3.41. The lowest BCUT2D eigenvalue weighted by Gasteiger charge is -2.14. The zero-order valence-corrected chi connectivity index (χ0v) is 14.6. The first-order chi connectivity index (χ1) is 9.75. The maximum atomic E-state index is 12.9. The van der Waals surface area contributed by atoms with Crippen LogP contribution >= 0.6 is 31.9 Å². The molecule has 21 heavy (non-hydrogen) atoms. The van der Waals surface area contributed by atoms with E-state index in [-0.39, 0.29) is 10.0 Å². The predicted octanol–water partition coefficient (Wildman–Crippen LogP) is 5.01. The summed E-state index contributed by atoms with van der Waals surface area (Å²) in [6, 6.07) is 3.53. The van der Waals surface area contributed by atoms with Gasteiger partial charge in [0.15, 0.2) is 0 Å². The van der Waals surface area contributed by atoms with Crippen LogP contribution in [0.4, 0.5) is 13.2 Å². The molecular weight excluding hydrogens is 415 g/mol. The van der Waals surface area contributed by atoms with Crippen molar-refractivity contribution in [2.24, 2.45) is 5.92 Å². The molecule has 0 spiro atoms. The van der Waals surface area contributed by atoms with Gasteiger partial charge < -0.3 is 5.32 Å². The van der Waals surface area contributed by atoms with Gasteiger partial charge in [-0.2, -0.15) is 13.2 Å². The Morgan fingerprint density at radius 2 is 2.05 bits per heavy atom. The van der Waals surface area contributed by atoms with Crippen LogP contribution in [0.25, 0.3) is 0 Å². The summed E-state index contributed by atoms with van der Waals surface area (Å²) in [7, 11) is 0. The second-order valence-corrected chi connectivity index (χ2v) is 6.41. The number of amides is 1. The molecule has 0 aromatic heterocycles. The molecule has 118 valence electrons. The standard InChI is InChI=1S/C14H16Br2F3NO/c1-9(8-15)3-2-6-20-13(21)11-5-4-10(16)7-12(11)14(17,18)19/h4-5,7,9H,2-3,6,8H2,1H3,(H,20,21). The number of nitrogens with one attached hydrogen (secondary N) is 1. The van der Waals surface area contributed by atoms with Gasteiger partial charge in [-0.1, -0.05) is 38.8 Å². The molecule has 1 aromatic carbocycles. The van der Waals surface area contributed by atoms with E-state index in [1.54, 1.807) is 0 Å². The number of hydrogen-bond donors (Lipinski definition) is 1. The topological polar surface area (TPSA) is 29.1 Å². The van der Waals surface area contributed by atoms with Gasteiger partial charge in [-0.15, -0.1) is 0 Å². The Morgan fingerprint density at radius 1 is 1.38 bits per heavy atom. The van der Waals surface area contributed by atoms with E-state index in [1.165, 1.54) is 12.1 Å². The molecule has 0 heterocycles. The summed E-state index contributed by atoms with van der Waals surface area (Å²) in [5.74, 6) is -0.221. The van der Waals surface area contributed by atoms with E-state index in [1.807, 2.05) is 0 Å². The van der Waals surface area contributed by atoms with Crippen molar-refractivity contribution < 1.29 is 18.0 Å². The van der Waals surface area contributed by atoms with Crippen LogP contribution in [0.15, 0.2) is 22.7 Å². The smallest absolute Gasteiger partial charge is 0.352 e. The molecule has 0 aliphatic carbocycles. The van der Waals surface area contributed by atoms with E-state index < -0.39 is 17.6 Å². The van der Waals surface area contributed by atoms with Crippen molar-refractivity contribution in [3.8, 4) is 0 Å². The maximum absolute atomic E-state index is 12.9. The van der Waals surface area contributed by atoms with Crippen LogP contribution in [0.5, 0.6) is 0 Å². The van der Waals surface area contributed by atoms with Crippen LogP contribution in [0, 0.1) is 5.92 Å². The van der Waals surface area contributed by atoms with E-state index in [0.29, 0.717) is 12.5 Å². The number of benzene rings is 1. The third-order valence-electron chi connectivity index (χ3n) is 2.95. The Hall–Kier alpha value is -0.560. The SMILES string of the molecule is CC(CBr)CCCNC(=O)c1ccc(Br)cc1C(F)(F)F. The number of halogens is 5. The Bertz CT molecular complexity index is 492. The van der Waals surface area contributed by atoms with Crippen LogP contribution in [-0.2, 0) is 6.18 Å². The molecule has 0 saturated heterocycles. The minimum Gasteiger partial charge on any atom is -0.352 e. The molecule has 1 rings (SSSR count). The number of carbonyl (C=O) groups is 1. The molecule has 0 aliphatic heterocycles. The van der Waals surface area contributed by atoms with Gasteiger partial charge in [0.1, 0.15) is 0 Å². The van der Waals surface area contributed by atoms with E-state index in [4.69, 9.17) is 0 Å². The highest BCUT2D eigenvalue weighted by atomic mass is 79.9. The Balaban J connectivity index is 2.70. The molecule has 1 unspecified atom stereocenters. The minimum absolute atomic E-state index is 0.289. The largest absolute Gasteiger partial charge is 0.417 e. The molecule has 0 bridgehead atoms. The van der Waals surface area contributed by atoms with Crippen molar-refractivity contribution in [2.45, 2.75) is 25.9 Å². The Labute approximate surface area is 138 Å². The molecule has 0 fully saturated rings. The zero-order chi connectivity index (χ0) is 16.0. The fraction of sp³-hybridized carbons (Fsp3) is 0.500. The number of rotatable bonds is 6. The molecule has 1 N–H and O–H groups in total. The van der Waals surface area contributed by atoms with Gasteiger partial charge in [-0.3, -0.25) is 4.79 Å². The molecule has 0 radical (unpaired) electrons. The fourth-order valence-corrected chi connectivity index (χ4v) is 2.46. The lowest BCUT2D eigenvalue weighted by molar-refractivity contribution is -0.138. The van der Waals surface area contributed by atoms with Crippen molar-refractivity contribution in [1.82, 2.24) is 5.32 Å². The van der Waals surface area contributed by atoms with Crippen molar-refractivity contribution >= 4 is 37.8 Å². The normalized spacial score (nSPS) is 13.0. The first-order valence-electron chi connectivity index (χ1n) is 6.46. The maximum Gasteiger partial charge on any atom is 0.417 e. The van der Waals surface area contributed by atoms with Gasteiger partial charge in [-0.25, -0.2) is 0 Å². The van der Waals surface area contributed by atoms with Gasteiger partial charge in [0.05, 0.1) is 11.1 Å². The lowest BCUT2D eigenvalue weighted by atomic mass is 10.1. The minimum atomic E-state index is -4.55. The second-order valence-electron chi connectivity index (χ2n) is 4.85. The highest BCUT2D eigenvalue weighted by molar-refractivity contribution is 9.10. The van der Waals surface area contributed by atoms with E-state index in [2.05, 4.69) is 44.1 Å². The van der Waals surface area contributed by atoms with Crippen molar-refractivity contribution in [3.63, 3.8) is 0 Å². The summed E-state index contributed by atoms with van der Waals surface area (Å²) in [6.45, 7) is 2.43. The lowest BCUT2D eigenvalue weighted by Crippen LogP contribution is -2.27. The highest BCUT2D eigenvalue weighted by Crippen LogP contribution is 2.33. The number of carbonyl (C=O) groups excluding carboxylic acids is 1. The number of alkyl halides is 4. The average molecular weight is 431 g/mol. The van der Waals surface area contributed by atoms with Gasteiger partial charge in [0.25, 0.3) is 5.91 Å². The van der Waals surface area contributed by atoms with Crippen LogP contribution in [0.2, 0.25) is 0 Å². The van der Waals surface area contributed by atoms with Crippen molar-refractivity contribution in [3.05, 3.63) is 33.8 Å². The van der Waals surface area contributed by atoms with Gasteiger partial charge in [0.2, 0.25) is 0 Å². The third kappa shape index (κ3) is 5.98. The zero-order valence-electron chi connectivity index (χ0n) is 11.4. The number of hydrogen-bond acceptors (Lipinski definition) is 1. The van der Waals surface area contributed by atoms with E-state index in [9.17, 15) is 18.0 Å². The molecule has 1 amide bonds. The highest BCUT2D eigenvalue weighted by Gasteiger charge is 2.35. The summed E-state index contributed by atoms with van der Waals surface area (Å²) in [4.78, 5) is 11.9. The summed E-state index contributed by atoms with van der Waals surface area (Å²) in [5.41, 5.74) is -1.28. The molecular formula is C14H16Br2F3NO. The first kappa shape index (κ1) is 18.5. The Morgan fingerprint density at radius 3 is 2.62 bits per heavy atom. The second kappa shape index (κ2) is 8.17. The summed E-state index contributed by atoms with van der Waals surface area (Å²) < 4.78 is 39.1. The van der Waals surface area contributed by atoms with Gasteiger partial charge in [-0.05, 0) is 37.0 Å². The molecule has 1 aromatic rings. The summed E-state index contributed by atoms with van der Waals surface area (Å²) in [6.07, 6.45) is -2.92. The molecule has 2 nitrogen and oxygen atoms in total. The van der Waals surface area contributed by atoms with Gasteiger partial charge in [0, 0.05) is 16.3 Å². The molecule has 1 atom stereocenters. The quantitative estimate of drug-likeness (QED) is 0.498. The van der Waals surface area contributed by atoms with E-state index >= 15 is 0 Å². The monoisotopic (exact) mass is 429 g/mol. The van der Waals surface area contributed by atoms with Crippen LogP contribution in [-0.4, -0.2) is 17.8 Å². The summed E-state index contributed by atoms with van der Waals surface area (Å²) >= 11 is 6.34. The Kier molecular flexibility index (Phi) is 7.20. The first-order valence-corrected chi connectivity index (χ1v) is 8.38. The third-order valence-corrected chi connectivity index (χ3v) is 4.55. The van der Waals surface area contributed by atoms with Crippen LogP contribution < -0.4 is 5.32 Å². The molecule has 7 heteroatoms. The average Bonchev–Trinajstić information content (AvgIpc) is 2.41. The van der Waals surface area contributed by atoms with Gasteiger partial charge >= 0.3 is 6.18 Å². The van der Waals surface area contributed by atoms with E-state index in [0.717, 1.165) is 24.2 Å². The van der Waals surface area contributed by atoms with Crippen molar-refractivity contribution in [1.29, 1.82) is 0 Å². The van der Waals surface area contributed by atoms with Crippen molar-refractivity contribution in [2.75, 3.05) is 11.9 Å². The predicted molar refractivity (Wildman–Crippen MR) is 83.7 cm³/mol. The molecule has 0 saturated carbocycles. The molecule has 0 aliphatic rings. The van der Waals surface area contributed by atoms with Crippen LogP contribution in [0.1, 0.15) is 35.7 Å².